The first-order chi connectivity index (χ1) is 11.2. The number of hydrogen-bond donors (Lipinski definition) is 0. The van der Waals surface area contributed by atoms with E-state index in [0.29, 0.717) is 12.6 Å². The highest BCUT2D eigenvalue weighted by atomic mass is 31.2. The first-order valence-electron chi connectivity index (χ1n) is 7.63. The zero-order valence-electron chi connectivity index (χ0n) is 12.7. The third-order valence-corrected chi connectivity index (χ3v) is 7.07. The molecule has 3 aromatic carbocycles. The molecule has 0 aliphatic carbocycles. The SMILES string of the molecule is O=P(CCc1cccc(F)c1)(c1ccccc1)c1ccccc1. The molecule has 0 spiro atoms. The zero-order valence-corrected chi connectivity index (χ0v) is 13.6. The fourth-order valence-electron chi connectivity index (χ4n) is 2.72. The molecule has 3 heteroatoms. The van der Waals surface area contributed by atoms with E-state index < -0.39 is 7.14 Å². The molecule has 0 aliphatic heterocycles. The van der Waals surface area contributed by atoms with Crippen molar-refractivity contribution >= 4 is 17.8 Å². The summed E-state index contributed by atoms with van der Waals surface area (Å²) in [4.78, 5) is 0. The number of benzene rings is 3. The molecule has 0 saturated carbocycles. The van der Waals surface area contributed by atoms with E-state index in [2.05, 4.69) is 0 Å². The number of hydrogen-bond acceptors (Lipinski definition) is 1. The van der Waals surface area contributed by atoms with Crippen LogP contribution in [0.15, 0.2) is 84.9 Å². The average Bonchev–Trinajstić information content (AvgIpc) is 2.61. The maximum atomic E-state index is 13.8. The van der Waals surface area contributed by atoms with Gasteiger partial charge in [0, 0.05) is 16.8 Å². The normalized spacial score (nSPS) is 11.3. The molecule has 0 fully saturated rings. The summed E-state index contributed by atoms with van der Waals surface area (Å²) >= 11 is 0. The fourth-order valence-corrected chi connectivity index (χ4v) is 5.42. The molecule has 0 unspecified atom stereocenters. The average molecular weight is 324 g/mol. The maximum absolute atomic E-state index is 13.8. The summed E-state index contributed by atoms with van der Waals surface area (Å²) < 4.78 is 27.1. The van der Waals surface area contributed by atoms with Gasteiger partial charge in [0.15, 0.2) is 0 Å². The van der Waals surface area contributed by atoms with Crippen molar-refractivity contribution in [3.05, 3.63) is 96.3 Å². The highest BCUT2D eigenvalue weighted by Crippen LogP contribution is 2.43. The monoisotopic (exact) mass is 324 g/mol. The third-order valence-electron chi connectivity index (χ3n) is 3.95. The van der Waals surface area contributed by atoms with Crippen molar-refractivity contribution in [2.24, 2.45) is 0 Å². The Hall–Kier alpha value is -2.18. The smallest absolute Gasteiger partial charge is 0.143 e. The molecule has 0 N–H and O–H groups in total. The van der Waals surface area contributed by atoms with Crippen LogP contribution < -0.4 is 10.6 Å². The van der Waals surface area contributed by atoms with Crippen molar-refractivity contribution in [1.82, 2.24) is 0 Å². The Kier molecular flexibility index (Phi) is 4.73. The molecule has 23 heavy (non-hydrogen) atoms. The van der Waals surface area contributed by atoms with Gasteiger partial charge in [0.05, 0.1) is 0 Å². The molecule has 0 atom stereocenters. The van der Waals surface area contributed by atoms with Gasteiger partial charge in [-0.3, -0.25) is 0 Å². The van der Waals surface area contributed by atoms with Crippen molar-refractivity contribution < 1.29 is 8.96 Å². The summed E-state index contributed by atoms with van der Waals surface area (Å²) in [6, 6.07) is 25.7. The molecule has 0 saturated heterocycles. The quantitative estimate of drug-likeness (QED) is 0.637. The minimum Gasteiger partial charge on any atom is -0.314 e. The van der Waals surface area contributed by atoms with Crippen molar-refractivity contribution in [1.29, 1.82) is 0 Å². The maximum Gasteiger partial charge on any atom is 0.143 e. The highest BCUT2D eigenvalue weighted by molar-refractivity contribution is 7.78. The second-order valence-corrected chi connectivity index (χ2v) is 8.47. The van der Waals surface area contributed by atoms with Gasteiger partial charge in [0.1, 0.15) is 13.0 Å². The van der Waals surface area contributed by atoms with Crippen LogP contribution in [0.5, 0.6) is 0 Å². The lowest BCUT2D eigenvalue weighted by molar-refractivity contribution is 0.586. The van der Waals surface area contributed by atoms with Crippen LogP contribution in [-0.2, 0) is 11.0 Å². The molecular formula is C20H18FOP. The van der Waals surface area contributed by atoms with E-state index in [0.717, 1.165) is 16.2 Å². The van der Waals surface area contributed by atoms with Crippen molar-refractivity contribution in [2.75, 3.05) is 6.16 Å². The summed E-state index contributed by atoms with van der Waals surface area (Å²) in [6.07, 6.45) is 1.07. The highest BCUT2D eigenvalue weighted by Gasteiger charge is 2.26. The van der Waals surface area contributed by atoms with Gasteiger partial charge < -0.3 is 4.57 Å². The van der Waals surface area contributed by atoms with Crippen LogP contribution in [-0.4, -0.2) is 6.16 Å². The molecule has 3 aromatic rings. The van der Waals surface area contributed by atoms with Crippen LogP contribution in [0.4, 0.5) is 4.39 Å². The first-order valence-corrected chi connectivity index (χ1v) is 9.52. The van der Waals surface area contributed by atoms with Gasteiger partial charge in [-0.1, -0.05) is 72.8 Å². The van der Waals surface area contributed by atoms with E-state index in [1.807, 2.05) is 66.7 Å². The molecule has 0 heterocycles. The standard InChI is InChI=1S/C20H18FOP/c21-18-9-7-8-17(16-18)14-15-23(22,19-10-3-1-4-11-19)20-12-5-2-6-13-20/h1-13,16H,14-15H2. The Bertz CT molecular complexity index is 772. The largest absolute Gasteiger partial charge is 0.314 e. The van der Waals surface area contributed by atoms with Gasteiger partial charge in [0.2, 0.25) is 0 Å². The second kappa shape index (κ2) is 6.93. The summed E-state index contributed by atoms with van der Waals surface area (Å²) in [5, 5.41) is 1.70. The predicted octanol–water partition coefficient (Wildman–Crippen LogP) is 4.38. The predicted molar refractivity (Wildman–Crippen MR) is 94.7 cm³/mol. The summed E-state index contributed by atoms with van der Waals surface area (Å²) in [7, 11) is -2.73. The van der Waals surface area contributed by atoms with Crippen LogP contribution >= 0.6 is 7.14 Å². The Balaban J connectivity index is 1.95. The second-order valence-electron chi connectivity index (χ2n) is 5.51. The zero-order chi connectivity index (χ0) is 16.1. The minimum absolute atomic E-state index is 0.253. The van der Waals surface area contributed by atoms with Gasteiger partial charge in [0.25, 0.3) is 0 Å². The van der Waals surface area contributed by atoms with E-state index in [4.69, 9.17) is 0 Å². The van der Waals surface area contributed by atoms with Gasteiger partial charge in [-0.2, -0.15) is 0 Å². The van der Waals surface area contributed by atoms with Gasteiger partial charge in [-0.25, -0.2) is 4.39 Å². The number of halogens is 1. The van der Waals surface area contributed by atoms with Gasteiger partial charge >= 0.3 is 0 Å². The van der Waals surface area contributed by atoms with E-state index in [-0.39, 0.29) is 5.82 Å². The molecular weight excluding hydrogens is 306 g/mol. The van der Waals surface area contributed by atoms with E-state index >= 15 is 0 Å². The van der Waals surface area contributed by atoms with E-state index in [9.17, 15) is 8.96 Å². The molecule has 0 aliphatic rings. The van der Waals surface area contributed by atoms with Crippen molar-refractivity contribution in [3.63, 3.8) is 0 Å². The fraction of sp³-hybridized carbons (Fsp3) is 0.100. The Morgan fingerprint density at radius 1 is 0.739 bits per heavy atom. The minimum atomic E-state index is -2.73. The molecule has 0 bridgehead atoms. The van der Waals surface area contributed by atoms with Crippen LogP contribution in [0, 0.1) is 5.82 Å². The molecule has 3 rings (SSSR count). The lowest BCUT2D eigenvalue weighted by atomic mass is 10.2. The first kappa shape index (κ1) is 15.7. The van der Waals surface area contributed by atoms with Gasteiger partial charge in [-0.15, -0.1) is 0 Å². The molecule has 0 aromatic heterocycles. The van der Waals surface area contributed by atoms with Crippen LogP contribution in [0.2, 0.25) is 0 Å². The Morgan fingerprint density at radius 2 is 1.30 bits per heavy atom. The number of rotatable bonds is 5. The topological polar surface area (TPSA) is 17.1 Å². The van der Waals surface area contributed by atoms with Crippen molar-refractivity contribution in [3.8, 4) is 0 Å². The summed E-state index contributed by atoms with van der Waals surface area (Å²) in [5.74, 6) is -0.253. The Morgan fingerprint density at radius 3 is 1.83 bits per heavy atom. The molecule has 116 valence electrons. The van der Waals surface area contributed by atoms with Crippen LogP contribution in [0.25, 0.3) is 0 Å². The Labute approximate surface area is 136 Å². The molecule has 0 radical (unpaired) electrons. The molecule has 1 nitrogen and oxygen atoms in total. The van der Waals surface area contributed by atoms with E-state index in [1.165, 1.54) is 12.1 Å². The lowest BCUT2D eigenvalue weighted by Crippen LogP contribution is -2.19. The van der Waals surface area contributed by atoms with Gasteiger partial charge in [-0.05, 0) is 24.1 Å². The van der Waals surface area contributed by atoms with Crippen LogP contribution in [0.1, 0.15) is 5.56 Å². The van der Waals surface area contributed by atoms with Crippen molar-refractivity contribution in [2.45, 2.75) is 6.42 Å². The van der Waals surface area contributed by atoms with Crippen LogP contribution in [0.3, 0.4) is 0 Å². The summed E-state index contributed by atoms with van der Waals surface area (Å²) in [6.45, 7) is 0. The number of aryl methyl sites for hydroxylation is 1. The third kappa shape index (κ3) is 3.60. The molecule has 0 amide bonds. The lowest BCUT2D eigenvalue weighted by Gasteiger charge is -2.19. The summed E-state index contributed by atoms with van der Waals surface area (Å²) in [5.41, 5.74) is 0.872. The van der Waals surface area contributed by atoms with E-state index in [1.54, 1.807) is 6.07 Å².